The second kappa shape index (κ2) is 10.6. The van der Waals surface area contributed by atoms with Crippen LogP contribution in [0.2, 0.25) is 0 Å². The molecule has 0 atom stereocenters. The lowest BCUT2D eigenvalue weighted by Gasteiger charge is -2.21. The number of aryl methyl sites for hydroxylation is 2. The van der Waals surface area contributed by atoms with Crippen LogP contribution in [0.1, 0.15) is 80.4 Å². The standard InChI is InChI=1S/C27H32N2O3/c1-19-18-20(8-4-2-7-11-25(30)31)12-17-24(19)26-28-27(32-29-26)23-15-13-22(14-16-23)21-9-5-3-6-10-21/h12-18,21H,2-11H2,1H3,(H,30,31). The van der Waals surface area contributed by atoms with Gasteiger partial charge in [0.2, 0.25) is 5.82 Å². The van der Waals surface area contributed by atoms with Gasteiger partial charge in [0, 0.05) is 17.5 Å². The Balaban J connectivity index is 1.39. The minimum atomic E-state index is -0.718. The summed E-state index contributed by atoms with van der Waals surface area (Å²) in [5.41, 5.74) is 5.73. The predicted octanol–water partition coefficient (Wildman–Crippen LogP) is 6.95. The van der Waals surface area contributed by atoms with Gasteiger partial charge in [0.15, 0.2) is 0 Å². The van der Waals surface area contributed by atoms with Crippen molar-refractivity contribution in [3.63, 3.8) is 0 Å². The van der Waals surface area contributed by atoms with E-state index in [0.717, 1.165) is 42.4 Å². The van der Waals surface area contributed by atoms with Crippen LogP contribution in [0.15, 0.2) is 47.0 Å². The highest BCUT2D eigenvalue weighted by Gasteiger charge is 2.17. The Bertz CT molecular complexity index is 1030. The van der Waals surface area contributed by atoms with Crippen LogP contribution in [0.3, 0.4) is 0 Å². The van der Waals surface area contributed by atoms with Crippen LogP contribution in [0, 0.1) is 6.92 Å². The fraction of sp³-hybridized carbons (Fsp3) is 0.444. The minimum absolute atomic E-state index is 0.251. The number of hydrogen-bond acceptors (Lipinski definition) is 4. The summed E-state index contributed by atoms with van der Waals surface area (Å²) >= 11 is 0. The second-order valence-corrected chi connectivity index (χ2v) is 8.98. The molecule has 0 amide bonds. The van der Waals surface area contributed by atoms with Gasteiger partial charge in [0.1, 0.15) is 0 Å². The number of aliphatic carboxylic acids is 1. The molecule has 0 aliphatic heterocycles. The Kier molecular flexibility index (Phi) is 7.35. The normalized spacial score (nSPS) is 14.5. The van der Waals surface area contributed by atoms with E-state index in [4.69, 9.17) is 9.63 Å². The summed E-state index contributed by atoms with van der Waals surface area (Å²) in [6.07, 6.45) is 10.5. The average Bonchev–Trinajstić information content (AvgIpc) is 3.29. The second-order valence-electron chi connectivity index (χ2n) is 8.98. The maximum absolute atomic E-state index is 10.6. The fourth-order valence-electron chi connectivity index (χ4n) is 4.70. The lowest BCUT2D eigenvalue weighted by atomic mass is 9.84. The molecule has 1 N–H and O–H groups in total. The van der Waals surface area contributed by atoms with Crippen molar-refractivity contribution in [1.29, 1.82) is 0 Å². The van der Waals surface area contributed by atoms with Gasteiger partial charge in [-0.25, -0.2) is 0 Å². The smallest absolute Gasteiger partial charge is 0.303 e. The molecular weight excluding hydrogens is 400 g/mol. The van der Waals surface area contributed by atoms with Crippen molar-refractivity contribution in [2.45, 2.75) is 77.0 Å². The molecule has 1 aliphatic rings. The minimum Gasteiger partial charge on any atom is -0.481 e. The van der Waals surface area contributed by atoms with Crippen molar-refractivity contribution < 1.29 is 14.4 Å². The van der Waals surface area contributed by atoms with E-state index in [1.807, 2.05) is 0 Å². The van der Waals surface area contributed by atoms with Crippen molar-refractivity contribution in [3.8, 4) is 22.8 Å². The molecular formula is C27H32N2O3. The molecule has 1 fully saturated rings. The third kappa shape index (κ3) is 5.64. The number of benzene rings is 2. The highest BCUT2D eigenvalue weighted by molar-refractivity contribution is 5.66. The lowest BCUT2D eigenvalue weighted by molar-refractivity contribution is -0.137. The Morgan fingerprint density at radius 3 is 2.53 bits per heavy atom. The van der Waals surface area contributed by atoms with Crippen LogP contribution in [-0.2, 0) is 11.2 Å². The van der Waals surface area contributed by atoms with E-state index in [1.165, 1.54) is 43.2 Å². The molecule has 1 heterocycles. The molecule has 1 saturated carbocycles. The zero-order valence-electron chi connectivity index (χ0n) is 18.8. The predicted molar refractivity (Wildman–Crippen MR) is 126 cm³/mol. The summed E-state index contributed by atoms with van der Waals surface area (Å²) in [4.78, 5) is 15.3. The first-order valence-corrected chi connectivity index (χ1v) is 11.9. The summed E-state index contributed by atoms with van der Waals surface area (Å²) in [7, 11) is 0. The Morgan fingerprint density at radius 1 is 1.03 bits per heavy atom. The van der Waals surface area contributed by atoms with Crippen molar-refractivity contribution in [1.82, 2.24) is 10.1 Å². The number of carbonyl (C=O) groups is 1. The third-order valence-electron chi connectivity index (χ3n) is 6.55. The van der Waals surface area contributed by atoms with E-state index in [9.17, 15) is 4.79 Å². The molecule has 1 aliphatic carbocycles. The molecule has 5 nitrogen and oxygen atoms in total. The van der Waals surface area contributed by atoms with Gasteiger partial charge in [-0.15, -0.1) is 0 Å². The first kappa shape index (κ1) is 22.3. The first-order chi connectivity index (χ1) is 15.6. The fourth-order valence-corrected chi connectivity index (χ4v) is 4.70. The van der Waals surface area contributed by atoms with Crippen LogP contribution < -0.4 is 0 Å². The van der Waals surface area contributed by atoms with Crippen molar-refractivity contribution in [2.24, 2.45) is 0 Å². The van der Waals surface area contributed by atoms with Gasteiger partial charge < -0.3 is 9.63 Å². The lowest BCUT2D eigenvalue weighted by Crippen LogP contribution is -2.04. The van der Waals surface area contributed by atoms with E-state index in [0.29, 0.717) is 17.6 Å². The molecule has 2 aromatic carbocycles. The Labute approximate surface area is 189 Å². The molecule has 3 aromatic rings. The van der Waals surface area contributed by atoms with Gasteiger partial charge in [0.25, 0.3) is 5.89 Å². The highest BCUT2D eigenvalue weighted by atomic mass is 16.5. The first-order valence-electron chi connectivity index (χ1n) is 11.9. The van der Waals surface area contributed by atoms with E-state index in [-0.39, 0.29) is 6.42 Å². The average molecular weight is 433 g/mol. The molecule has 0 unspecified atom stereocenters. The third-order valence-corrected chi connectivity index (χ3v) is 6.55. The molecule has 32 heavy (non-hydrogen) atoms. The summed E-state index contributed by atoms with van der Waals surface area (Å²) in [5.74, 6) is 1.14. The molecule has 168 valence electrons. The molecule has 5 heteroatoms. The molecule has 4 rings (SSSR count). The topological polar surface area (TPSA) is 76.2 Å². The van der Waals surface area contributed by atoms with Gasteiger partial charge in [-0.3, -0.25) is 4.79 Å². The molecule has 1 aromatic heterocycles. The summed E-state index contributed by atoms with van der Waals surface area (Å²) in [6.45, 7) is 2.07. The number of nitrogens with zero attached hydrogens (tertiary/aromatic N) is 2. The van der Waals surface area contributed by atoms with Crippen LogP contribution in [0.4, 0.5) is 0 Å². The van der Waals surface area contributed by atoms with Crippen LogP contribution in [-0.4, -0.2) is 21.2 Å². The van der Waals surface area contributed by atoms with Crippen molar-refractivity contribution in [3.05, 3.63) is 59.2 Å². The van der Waals surface area contributed by atoms with E-state index in [1.54, 1.807) is 0 Å². The highest BCUT2D eigenvalue weighted by Crippen LogP contribution is 2.33. The number of hydrogen-bond donors (Lipinski definition) is 1. The molecule has 0 saturated heterocycles. The summed E-state index contributed by atoms with van der Waals surface area (Å²) < 4.78 is 5.58. The summed E-state index contributed by atoms with van der Waals surface area (Å²) in [5, 5.41) is 13.0. The van der Waals surface area contributed by atoms with Crippen molar-refractivity contribution >= 4 is 5.97 Å². The number of rotatable bonds is 9. The molecule has 0 radical (unpaired) electrons. The van der Waals surface area contributed by atoms with Crippen LogP contribution in [0.5, 0.6) is 0 Å². The van der Waals surface area contributed by atoms with Crippen molar-refractivity contribution in [2.75, 3.05) is 0 Å². The Hall–Kier alpha value is -2.95. The SMILES string of the molecule is Cc1cc(CCCCCC(=O)O)ccc1-c1noc(-c2ccc(C3CCCCC3)cc2)n1. The van der Waals surface area contributed by atoms with Gasteiger partial charge >= 0.3 is 5.97 Å². The number of aromatic nitrogens is 2. The van der Waals surface area contributed by atoms with Gasteiger partial charge in [-0.2, -0.15) is 4.98 Å². The van der Waals surface area contributed by atoms with E-state index in [2.05, 4.69) is 59.5 Å². The van der Waals surface area contributed by atoms with E-state index >= 15 is 0 Å². The number of unbranched alkanes of at least 4 members (excludes halogenated alkanes) is 2. The number of carboxylic acids is 1. The molecule has 0 bridgehead atoms. The van der Waals surface area contributed by atoms with E-state index < -0.39 is 5.97 Å². The van der Waals surface area contributed by atoms with Gasteiger partial charge in [-0.1, -0.05) is 61.2 Å². The largest absolute Gasteiger partial charge is 0.481 e. The maximum Gasteiger partial charge on any atom is 0.303 e. The van der Waals surface area contributed by atoms with Gasteiger partial charge in [-0.05, 0) is 73.8 Å². The zero-order chi connectivity index (χ0) is 22.3. The Morgan fingerprint density at radius 2 is 1.81 bits per heavy atom. The number of carboxylic acid groups (broad SMARTS) is 1. The van der Waals surface area contributed by atoms with Crippen LogP contribution >= 0.6 is 0 Å². The zero-order valence-corrected chi connectivity index (χ0v) is 18.8. The maximum atomic E-state index is 10.6. The van der Waals surface area contributed by atoms with Gasteiger partial charge in [0.05, 0.1) is 0 Å². The quantitative estimate of drug-likeness (QED) is 0.370. The summed E-state index contributed by atoms with van der Waals surface area (Å²) in [6, 6.07) is 15.0. The molecule has 0 spiro atoms. The monoisotopic (exact) mass is 432 g/mol. The van der Waals surface area contributed by atoms with Crippen LogP contribution in [0.25, 0.3) is 22.8 Å².